The van der Waals surface area contributed by atoms with Gasteiger partial charge in [0, 0.05) is 17.3 Å². The highest BCUT2D eigenvalue weighted by Gasteiger charge is 2.71. The summed E-state index contributed by atoms with van der Waals surface area (Å²) < 4.78 is 0. The number of rotatable bonds is 3. The van der Waals surface area contributed by atoms with E-state index in [1.54, 1.807) is 0 Å². The first-order valence-electron chi connectivity index (χ1n) is 16.9. The lowest BCUT2D eigenvalue weighted by atomic mass is 9.32. The van der Waals surface area contributed by atoms with Gasteiger partial charge in [-0.25, -0.2) is 0 Å². The predicted molar refractivity (Wildman–Crippen MR) is 163 cm³/mol. The average Bonchev–Trinajstić information content (AvgIpc) is 3.56. The number of carbonyl (C=O) groups is 1. The zero-order chi connectivity index (χ0) is 28.7. The summed E-state index contributed by atoms with van der Waals surface area (Å²) in [5, 5.41) is 11.9. The molecule has 0 spiro atoms. The van der Waals surface area contributed by atoms with Crippen LogP contribution < -0.4 is 0 Å². The van der Waals surface area contributed by atoms with Gasteiger partial charge in [0.1, 0.15) is 11.9 Å². The third-order valence-corrected chi connectivity index (χ3v) is 15.2. The van der Waals surface area contributed by atoms with Crippen LogP contribution in [0.2, 0.25) is 0 Å². The largest absolute Gasteiger partial charge is 0.380 e. The molecule has 6 fully saturated rings. The number of hydrogen-bond acceptors (Lipinski definition) is 3. The van der Waals surface area contributed by atoms with Crippen LogP contribution in [0.3, 0.4) is 0 Å². The lowest BCUT2D eigenvalue weighted by Crippen LogP contribution is -2.66. The molecule has 222 valence electrons. The molecule has 40 heavy (non-hydrogen) atoms. The maximum atomic E-state index is 13.1. The molecule has 1 N–H and O–H groups in total. The second-order valence-electron chi connectivity index (χ2n) is 16.8. The van der Waals surface area contributed by atoms with Crippen molar-refractivity contribution in [1.29, 1.82) is 0 Å². The number of likely N-dealkylation sites (tertiary alicyclic amines) is 1. The molecule has 1 aliphatic heterocycles. The minimum atomic E-state index is -0.530. The van der Waals surface area contributed by atoms with Crippen molar-refractivity contribution in [3.8, 4) is 11.8 Å². The number of ketones is 1. The maximum absolute atomic E-state index is 13.1. The Morgan fingerprint density at radius 2 is 1.68 bits per heavy atom. The molecule has 5 aliphatic carbocycles. The molecule has 0 bridgehead atoms. The SMILES string of the molecule is C=C(C)[C@@H]1CC[C@]2([C@@H](O)C#CCN3CCCC3)CC[C@]3(C)[C@H](CC[C@@H]4[C@@]5(C)CCC(=O)C(C)(C)[C@@H]5CC[C@]43C)[C@@H]12. The van der Waals surface area contributed by atoms with Crippen LogP contribution in [0.15, 0.2) is 12.2 Å². The van der Waals surface area contributed by atoms with E-state index in [1.807, 2.05) is 0 Å². The Kier molecular flexibility index (Phi) is 7.03. The number of aliphatic hydroxyl groups excluding tert-OH is 1. The smallest absolute Gasteiger partial charge is 0.138 e. The van der Waals surface area contributed by atoms with E-state index >= 15 is 0 Å². The number of hydrogen-bond donors (Lipinski definition) is 1. The van der Waals surface area contributed by atoms with Crippen LogP contribution in [-0.4, -0.2) is 41.5 Å². The van der Waals surface area contributed by atoms with Crippen molar-refractivity contribution in [2.45, 2.75) is 125 Å². The van der Waals surface area contributed by atoms with Gasteiger partial charge in [0.25, 0.3) is 0 Å². The van der Waals surface area contributed by atoms with Crippen molar-refractivity contribution in [2.75, 3.05) is 19.6 Å². The first kappa shape index (κ1) is 29.0. The van der Waals surface area contributed by atoms with E-state index in [0.29, 0.717) is 35.4 Å². The van der Waals surface area contributed by atoms with E-state index in [1.165, 1.54) is 50.5 Å². The fourth-order valence-electron chi connectivity index (χ4n) is 12.8. The first-order chi connectivity index (χ1) is 18.8. The molecule has 0 unspecified atom stereocenters. The van der Waals surface area contributed by atoms with E-state index in [0.717, 1.165) is 51.7 Å². The lowest BCUT2D eigenvalue weighted by Gasteiger charge is -2.72. The highest BCUT2D eigenvalue weighted by atomic mass is 16.3. The summed E-state index contributed by atoms with van der Waals surface area (Å²) in [6, 6.07) is 0. The van der Waals surface area contributed by atoms with Crippen molar-refractivity contribution < 1.29 is 9.90 Å². The molecule has 0 radical (unpaired) electrons. The Morgan fingerprint density at radius 3 is 2.38 bits per heavy atom. The molecule has 10 atom stereocenters. The molecule has 0 aromatic carbocycles. The monoisotopic (exact) mass is 547 g/mol. The molecule has 1 heterocycles. The van der Waals surface area contributed by atoms with Gasteiger partial charge in [-0.1, -0.05) is 58.6 Å². The van der Waals surface area contributed by atoms with E-state index in [2.05, 4.69) is 64.9 Å². The Hall–Kier alpha value is -1.11. The Morgan fingerprint density at radius 1 is 0.950 bits per heavy atom. The lowest BCUT2D eigenvalue weighted by molar-refractivity contribution is -0.238. The van der Waals surface area contributed by atoms with Crippen LogP contribution in [0, 0.1) is 68.5 Å². The minimum absolute atomic E-state index is 0.0879. The van der Waals surface area contributed by atoms with Crippen LogP contribution in [0.1, 0.15) is 119 Å². The summed E-state index contributed by atoms with van der Waals surface area (Å²) in [4.78, 5) is 15.5. The third-order valence-electron chi connectivity index (χ3n) is 15.2. The fraction of sp³-hybridized carbons (Fsp3) is 0.865. The van der Waals surface area contributed by atoms with Crippen LogP contribution in [0.4, 0.5) is 0 Å². The Bertz CT molecular complexity index is 1110. The van der Waals surface area contributed by atoms with Gasteiger partial charge < -0.3 is 5.11 Å². The van der Waals surface area contributed by atoms with E-state index in [9.17, 15) is 9.90 Å². The highest BCUT2D eigenvalue weighted by molar-refractivity contribution is 5.85. The first-order valence-corrected chi connectivity index (χ1v) is 16.9. The topological polar surface area (TPSA) is 40.5 Å². The molecular weight excluding hydrogens is 490 g/mol. The summed E-state index contributed by atoms with van der Waals surface area (Å²) in [7, 11) is 0. The minimum Gasteiger partial charge on any atom is -0.380 e. The summed E-state index contributed by atoms with van der Waals surface area (Å²) in [5.74, 6) is 10.1. The summed E-state index contributed by atoms with van der Waals surface area (Å²) >= 11 is 0. The van der Waals surface area contributed by atoms with Gasteiger partial charge in [0.15, 0.2) is 0 Å². The Labute approximate surface area is 245 Å². The van der Waals surface area contributed by atoms with Crippen LogP contribution in [-0.2, 0) is 4.79 Å². The fourth-order valence-corrected chi connectivity index (χ4v) is 12.8. The molecule has 0 amide bonds. The van der Waals surface area contributed by atoms with E-state index < -0.39 is 6.10 Å². The van der Waals surface area contributed by atoms with Crippen molar-refractivity contribution in [1.82, 2.24) is 4.90 Å². The van der Waals surface area contributed by atoms with Crippen LogP contribution >= 0.6 is 0 Å². The van der Waals surface area contributed by atoms with Gasteiger partial charge in [-0.05, 0) is 136 Å². The van der Waals surface area contributed by atoms with E-state index in [-0.39, 0.29) is 27.1 Å². The molecule has 1 saturated heterocycles. The van der Waals surface area contributed by atoms with Crippen molar-refractivity contribution in [3.63, 3.8) is 0 Å². The highest BCUT2D eigenvalue weighted by Crippen LogP contribution is 2.77. The van der Waals surface area contributed by atoms with Gasteiger partial charge >= 0.3 is 0 Å². The number of Topliss-reactive ketones (excluding diaryl/α,β-unsaturated/α-hetero) is 1. The van der Waals surface area contributed by atoms with Gasteiger partial charge in [0.2, 0.25) is 0 Å². The summed E-state index contributed by atoms with van der Waals surface area (Å²) in [6.07, 6.45) is 13.4. The molecular formula is C37H57NO2. The zero-order valence-corrected chi connectivity index (χ0v) is 26.6. The normalized spacial score (nSPS) is 48.7. The number of nitrogens with zero attached hydrogens (tertiary/aromatic N) is 1. The standard InChI is InChI=1S/C37H57NO2/c1-25(2)26-14-19-37(31(40)11-10-24-38-22-8-9-23-38)21-20-35(6)27(32(26)37)12-13-29-34(5)17-16-30(39)33(3,4)28(34)15-18-36(29,35)7/h26-29,31-32,40H,1,8-9,12-24H2,2-7H3/t26-,27+,28-,29+,31-,32+,34-,35+,36+,37+/m0/s1. The number of fused-ring (bicyclic) bond motifs is 7. The van der Waals surface area contributed by atoms with Crippen LogP contribution in [0.25, 0.3) is 0 Å². The second-order valence-corrected chi connectivity index (χ2v) is 16.8. The van der Waals surface area contributed by atoms with E-state index in [4.69, 9.17) is 0 Å². The van der Waals surface area contributed by atoms with Crippen molar-refractivity contribution >= 4 is 5.78 Å². The molecule has 6 rings (SSSR count). The van der Waals surface area contributed by atoms with Gasteiger partial charge in [-0.15, -0.1) is 0 Å². The maximum Gasteiger partial charge on any atom is 0.138 e. The molecule has 5 saturated carbocycles. The third kappa shape index (κ3) is 3.86. The second kappa shape index (κ2) is 9.71. The van der Waals surface area contributed by atoms with Crippen LogP contribution in [0.5, 0.6) is 0 Å². The Balaban J connectivity index is 1.33. The number of aliphatic hydroxyl groups is 1. The summed E-state index contributed by atoms with van der Waals surface area (Å²) in [5.41, 5.74) is 1.82. The number of carbonyl (C=O) groups excluding carboxylic acids is 1. The number of allylic oxidation sites excluding steroid dienone is 1. The quantitative estimate of drug-likeness (QED) is 0.291. The zero-order valence-electron chi connectivity index (χ0n) is 26.6. The molecule has 0 aromatic heterocycles. The van der Waals surface area contributed by atoms with Gasteiger partial charge in [0.05, 0.1) is 6.54 Å². The molecule has 0 aromatic rings. The predicted octanol–water partition coefficient (Wildman–Crippen LogP) is 7.67. The molecule has 6 aliphatic rings. The van der Waals surface area contributed by atoms with Crippen molar-refractivity contribution in [3.05, 3.63) is 12.2 Å². The molecule has 3 nitrogen and oxygen atoms in total. The molecule has 3 heteroatoms. The van der Waals surface area contributed by atoms with Gasteiger partial charge in [-0.3, -0.25) is 9.69 Å². The van der Waals surface area contributed by atoms with Crippen molar-refractivity contribution in [2.24, 2.45) is 56.7 Å². The van der Waals surface area contributed by atoms with Gasteiger partial charge in [-0.2, -0.15) is 0 Å². The average molecular weight is 548 g/mol. The summed E-state index contributed by atoms with van der Waals surface area (Å²) in [6.45, 7) is 22.3.